The van der Waals surface area contributed by atoms with E-state index in [1.54, 1.807) is 48.5 Å². The smallest absolute Gasteiger partial charge is 0.335 e. The van der Waals surface area contributed by atoms with Gasteiger partial charge in [0.25, 0.3) is 5.91 Å². The molecule has 1 heterocycles. The standard InChI is InChI=1S/C27H19Cl2N3O4/c1-32(22-8-4-20(29)5-9-22)23-10-11-24(30-15-23)25(33)16-12-17(14-18(13-16)27(35)36)26(34)31-21-6-2-19(28)3-7-21/h2-15H,1H3,(H,31,34)(H,35,36). The summed E-state index contributed by atoms with van der Waals surface area (Å²) >= 11 is 11.8. The molecular weight excluding hydrogens is 501 g/mol. The normalized spacial score (nSPS) is 10.5. The van der Waals surface area contributed by atoms with Gasteiger partial charge in [-0.05, 0) is 78.9 Å². The number of hydrogen-bond acceptors (Lipinski definition) is 5. The van der Waals surface area contributed by atoms with Crippen molar-refractivity contribution < 1.29 is 19.5 Å². The molecule has 0 aliphatic rings. The Kier molecular flexibility index (Phi) is 7.33. The van der Waals surface area contributed by atoms with Crippen LogP contribution in [0.1, 0.15) is 36.8 Å². The first kappa shape index (κ1) is 24.9. The maximum atomic E-state index is 13.2. The van der Waals surface area contributed by atoms with Crippen molar-refractivity contribution in [3.8, 4) is 0 Å². The van der Waals surface area contributed by atoms with Gasteiger partial charge in [-0.2, -0.15) is 0 Å². The minimum Gasteiger partial charge on any atom is -0.478 e. The lowest BCUT2D eigenvalue weighted by atomic mass is 10.00. The summed E-state index contributed by atoms with van der Waals surface area (Å²) in [5, 5.41) is 13.3. The Hall–Kier alpha value is -4.20. The van der Waals surface area contributed by atoms with E-state index in [1.807, 2.05) is 24.1 Å². The van der Waals surface area contributed by atoms with Crippen molar-refractivity contribution in [3.63, 3.8) is 0 Å². The molecule has 3 aromatic carbocycles. The third-order valence-electron chi connectivity index (χ3n) is 5.39. The molecule has 0 aliphatic heterocycles. The Morgan fingerprint density at radius 3 is 1.92 bits per heavy atom. The zero-order valence-electron chi connectivity index (χ0n) is 18.9. The van der Waals surface area contributed by atoms with Crippen LogP contribution in [-0.2, 0) is 0 Å². The third kappa shape index (κ3) is 5.71. The molecule has 7 nitrogen and oxygen atoms in total. The van der Waals surface area contributed by atoms with E-state index in [0.29, 0.717) is 15.7 Å². The van der Waals surface area contributed by atoms with Crippen molar-refractivity contribution in [1.82, 2.24) is 4.98 Å². The summed E-state index contributed by atoms with van der Waals surface area (Å²) in [6, 6.07) is 20.7. The van der Waals surface area contributed by atoms with Gasteiger partial charge in [0, 0.05) is 39.6 Å². The highest BCUT2D eigenvalue weighted by Crippen LogP contribution is 2.25. The van der Waals surface area contributed by atoms with E-state index < -0.39 is 17.7 Å². The molecule has 0 bridgehead atoms. The van der Waals surface area contributed by atoms with Crippen LogP contribution in [0.2, 0.25) is 10.0 Å². The third-order valence-corrected chi connectivity index (χ3v) is 5.89. The van der Waals surface area contributed by atoms with Gasteiger partial charge in [0.05, 0.1) is 17.4 Å². The molecule has 180 valence electrons. The Morgan fingerprint density at radius 1 is 0.778 bits per heavy atom. The number of carbonyl (C=O) groups is 3. The zero-order valence-corrected chi connectivity index (χ0v) is 20.4. The summed E-state index contributed by atoms with van der Waals surface area (Å²) in [5.74, 6) is -2.35. The Labute approximate surface area is 216 Å². The fourth-order valence-electron chi connectivity index (χ4n) is 3.43. The van der Waals surface area contributed by atoms with E-state index in [0.717, 1.165) is 11.4 Å². The number of amides is 1. The van der Waals surface area contributed by atoms with Gasteiger partial charge in [0.1, 0.15) is 5.69 Å². The van der Waals surface area contributed by atoms with E-state index in [2.05, 4.69) is 10.3 Å². The minimum atomic E-state index is -1.27. The zero-order chi connectivity index (χ0) is 25.8. The first-order chi connectivity index (χ1) is 17.2. The molecule has 1 aromatic heterocycles. The van der Waals surface area contributed by atoms with Crippen molar-refractivity contribution in [2.45, 2.75) is 0 Å². The molecule has 9 heteroatoms. The second-order valence-corrected chi connectivity index (χ2v) is 8.70. The number of ketones is 1. The number of anilines is 3. The molecule has 4 rings (SSSR count). The SMILES string of the molecule is CN(c1ccc(Cl)cc1)c1ccc(C(=O)c2cc(C(=O)O)cc(C(=O)Nc3ccc(Cl)cc3)c2)nc1. The maximum absolute atomic E-state index is 13.2. The molecule has 0 saturated carbocycles. The van der Waals surface area contributed by atoms with E-state index in [4.69, 9.17) is 23.2 Å². The predicted octanol–water partition coefficient (Wildman–Crippen LogP) is 6.34. The molecule has 36 heavy (non-hydrogen) atoms. The molecule has 0 fully saturated rings. The molecule has 0 aliphatic carbocycles. The Balaban J connectivity index is 1.59. The Bertz CT molecular complexity index is 1440. The van der Waals surface area contributed by atoms with Gasteiger partial charge < -0.3 is 15.3 Å². The lowest BCUT2D eigenvalue weighted by molar-refractivity contribution is 0.0697. The van der Waals surface area contributed by atoms with Crippen molar-refractivity contribution in [2.75, 3.05) is 17.3 Å². The van der Waals surface area contributed by atoms with Gasteiger partial charge in [-0.3, -0.25) is 14.6 Å². The van der Waals surface area contributed by atoms with E-state index >= 15 is 0 Å². The first-order valence-corrected chi connectivity index (χ1v) is 11.4. The largest absolute Gasteiger partial charge is 0.478 e. The van der Waals surface area contributed by atoms with Crippen LogP contribution < -0.4 is 10.2 Å². The minimum absolute atomic E-state index is 0.0206. The van der Waals surface area contributed by atoms with Crippen LogP contribution in [0.3, 0.4) is 0 Å². The quantitative estimate of drug-likeness (QED) is 0.276. The summed E-state index contributed by atoms with van der Waals surface area (Å²) < 4.78 is 0. The molecule has 2 N–H and O–H groups in total. The number of aromatic carboxylic acids is 1. The average molecular weight is 520 g/mol. The molecule has 0 saturated heterocycles. The number of carboxylic acids is 1. The van der Waals surface area contributed by atoms with Crippen molar-refractivity contribution >= 4 is 57.9 Å². The monoisotopic (exact) mass is 519 g/mol. The van der Waals surface area contributed by atoms with E-state index in [-0.39, 0.29) is 22.4 Å². The summed E-state index contributed by atoms with van der Waals surface area (Å²) in [6.45, 7) is 0. The number of carboxylic acid groups (broad SMARTS) is 1. The fraction of sp³-hybridized carbons (Fsp3) is 0.0370. The van der Waals surface area contributed by atoms with Crippen LogP contribution in [0.5, 0.6) is 0 Å². The first-order valence-electron chi connectivity index (χ1n) is 10.7. The number of carbonyl (C=O) groups excluding carboxylic acids is 2. The molecule has 0 atom stereocenters. The van der Waals surface area contributed by atoms with Gasteiger partial charge in [0.2, 0.25) is 5.78 Å². The number of hydrogen-bond donors (Lipinski definition) is 2. The second kappa shape index (κ2) is 10.6. The van der Waals surface area contributed by atoms with Crippen LogP contribution >= 0.6 is 23.2 Å². The molecule has 0 spiro atoms. The molecule has 0 unspecified atom stereocenters. The number of aromatic nitrogens is 1. The second-order valence-electron chi connectivity index (χ2n) is 7.83. The molecule has 1 amide bonds. The van der Waals surface area contributed by atoms with Crippen LogP contribution in [0.4, 0.5) is 17.1 Å². The predicted molar refractivity (Wildman–Crippen MR) is 140 cm³/mol. The highest BCUT2D eigenvalue weighted by atomic mass is 35.5. The van der Waals surface area contributed by atoms with Crippen LogP contribution in [0.15, 0.2) is 85.1 Å². The number of pyridine rings is 1. The number of nitrogens with one attached hydrogen (secondary N) is 1. The van der Waals surface area contributed by atoms with Crippen molar-refractivity contribution in [1.29, 1.82) is 0 Å². The number of nitrogens with zero attached hydrogens (tertiary/aromatic N) is 2. The van der Waals surface area contributed by atoms with Crippen LogP contribution in [0, 0.1) is 0 Å². The topological polar surface area (TPSA) is 99.6 Å². The highest BCUT2D eigenvalue weighted by molar-refractivity contribution is 6.31. The molecule has 4 aromatic rings. The summed E-state index contributed by atoms with van der Waals surface area (Å²) in [4.78, 5) is 43.7. The van der Waals surface area contributed by atoms with Gasteiger partial charge >= 0.3 is 5.97 Å². The number of rotatable bonds is 7. The molecule has 0 radical (unpaired) electrons. The van der Waals surface area contributed by atoms with Crippen LogP contribution in [-0.4, -0.2) is 34.8 Å². The van der Waals surface area contributed by atoms with Crippen molar-refractivity contribution in [3.05, 3.63) is 117 Å². The van der Waals surface area contributed by atoms with Crippen molar-refractivity contribution in [2.24, 2.45) is 0 Å². The lowest BCUT2D eigenvalue weighted by Gasteiger charge is -2.19. The lowest BCUT2D eigenvalue weighted by Crippen LogP contribution is -2.15. The van der Waals surface area contributed by atoms with Gasteiger partial charge in [-0.25, -0.2) is 4.79 Å². The van der Waals surface area contributed by atoms with Crippen LogP contribution in [0.25, 0.3) is 0 Å². The Morgan fingerprint density at radius 2 is 1.33 bits per heavy atom. The summed E-state index contributed by atoms with van der Waals surface area (Å²) in [7, 11) is 1.85. The van der Waals surface area contributed by atoms with Gasteiger partial charge in [-0.1, -0.05) is 23.2 Å². The summed E-state index contributed by atoms with van der Waals surface area (Å²) in [5.41, 5.74) is 2.05. The summed E-state index contributed by atoms with van der Waals surface area (Å²) in [6.07, 6.45) is 1.54. The van der Waals surface area contributed by atoms with E-state index in [1.165, 1.54) is 24.4 Å². The van der Waals surface area contributed by atoms with Gasteiger partial charge in [-0.15, -0.1) is 0 Å². The van der Waals surface area contributed by atoms with E-state index in [9.17, 15) is 19.5 Å². The maximum Gasteiger partial charge on any atom is 0.335 e. The number of benzene rings is 3. The van der Waals surface area contributed by atoms with Gasteiger partial charge in [0.15, 0.2) is 0 Å². The number of halogens is 2. The average Bonchev–Trinajstić information content (AvgIpc) is 2.89. The highest BCUT2D eigenvalue weighted by Gasteiger charge is 2.18. The fourth-order valence-corrected chi connectivity index (χ4v) is 3.68. The molecular formula is C27H19Cl2N3O4.